The van der Waals surface area contributed by atoms with Crippen LogP contribution >= 0.6 is 0 Å². The molecule has 0 heterocycles. The Morgan fingerprint density at radius 2 is 1.92 bits per heavy atom. The maximum absolute atomic E-state index is 12.6. The first-order valence-electron chi connectivity index (χ1n) is 4.29. The molecule has 0 aromatic carbocycles. The summed E-state index contributed by atoms with van der Waals surface area (Å²) < 4.78 is 29.5. The molecule has 1 aliphatic rings. The number of isocyanates is 1. The molecule has 0 aromatic rings. The summed E-state index contributed by atoms with van der Waals surface area (Å²) >= 11 is 0. The largest absolute Gasteiger partial charge is 0.477 e. The Balaban J connectivity index is 2.41. The Morgan fingerprint density at radius 3 is 2.46 bits per heavy atom. The second kappa shape index (κ2) is 4.44. The van der Waals surface area contributed by atoms with Crippen molar-refractivity contribution in [1.29, 1.82) is 0 Å². The van der Waals surface area contributed by atoms with Crippen molar-refractivity contribution in [2.24, 2.45) is 4.99 Å². The third-order valence-electron chi connectivity index (χ3n) is 2.04. The summed E-state index contributed by atoms with van der Waals surface area (Å²) in [4.78, 5) is 11.9. The van der Waals surface area contributed by atoms with E-state index in [1.165, 1.54) is 0 Å². The van der Waals surface area contributed by atoms with Gasteiger partial charge < -0.3 is 0 Å². The highest BCUT2D eigenvalue weighted by Gasteiger charge is 2.34. The lowest BCUT2D eigenvalue weighted by molar-refractivity contribution is -0.260. The minimum atomic E-state index is -3.69. The molecule has 0 unspecified atom stereocenters. The second-order valence-corrected chi connectivity index (χ2v) is 3.07. The third kappa shape index (κ3) is 3.61. The topological polar surface area (TPSA) is 38.7 Å². The molecule has 5 heteroatoms. The molecule has 1 rings (SSSR count). The van der Waals surface area contributed by atoms with Gasteiger partial charge in [0.1, 0.15) is 0 Å². The Hall–Kier alpha value is -0.800. The SMILES string of the molecule is O=C=NC(F)(F)OC1CCCCC1. The van der Waals surface area contributed by atoms with Crippen LogP contribution in [0.15, 0.2) is 4.99 Å². The van der Waals surface area contributed by atoms with Crippen LogP contribution in [0.4, 0.5) is 8.78 Å². The van der Waals surface area contributed by atoms with Gasteiger partial charge in [-0.15, -0.1) is 4.99 Å². The zero-order valence-electron chi connectivity index (χ0n) is 7.13. The molecular weight excluding hydrogens is 180 g/mol. The molecule has 0 aromatic heterocycles. The number of ether oxygens (including phenoxy) is 1. The third-order valence-corrected chi connectivity index (χ3v) is 2.04. The summed E-state index contributed by atoms with van der Waals surface area (Å²) in [5.41, 5.74) is 0. The average molecular weight is 191 g/mol. The average Bonchev–Trinajstić information content (AvgIpc) is 2.04. The highest BCUT2D eigenvalue weighted by molar-refractivity contribution is 5.33. The molecule has 3 nitrogen and oxygen atoms in total. The molecule has 0 spiro atoms. The molecule has 0 saturated heterocycles. The van der Waals surface area contributed by atoms with Crippen LogP contribution in [-0.4, -0.2) is 18.4 Å². The van der Waals surface area contributed by atoms with Gasteiger partial charge >= 0.3 is 6.23 Å². The summed E-state index contributed by atoms with van der Waals surface area (Å²) in [5.74, 6) is 0. The summed E-state index contributed by atoms with van der Waals surface area (Å²) in [6.45, 7) is 0. The minimum absolute atomic E-state index is 0.471. The van der Waals surface area contributed by atoms with E-state index in [2.05, 4.69) is 9.73 Å². The number of carbonyl (C=O) groups excluding carboxylic acids is 1. The maximum atomic E-state index is 12.6. The first-order chi connectivity index (χ1) is 6.14. The molecule has 13 heavy (non-hydrogen) atoms. The van der Waals surface area contributed by atoms with Crippen molar-refractivity contribution in [1.82, 2.24) is 0 Å². The van der Waals surface area contributed by atoms with Gasteiger partial charge in [-0.2, -0.15) is 8.78 Å². The normalized spacial score (nSPS) is 19.5. The van der Waals surface area contributed by atoms with Crippen LogP contribution in [-0.2, 0) is 9.53 Å². The Labute approximate surface area is 74.8 Å². The molecule has 0 amide bonds. The minimum Gasteiger partial charge on any atom is -0.297 e. The number of aliphatic imine (C=N–C) groups is 1. The molecule has 1 saturated carbocycles. The van der Waals surface area contributed by atoms with Gasteiger partial charge in [-0.1, -0.05) is 19.3 Å². The van der Waals surface area contributed by atoms with Crippen molar-refractivity contribution in [2.75, 3.05) is 0 Å². The number of hydrogen-bond donors (Lipinski definition) is 0. The maximum Gasteiger partial charge on any atom is 0.477 e. The standard InChI is InChI=1S/C8H11F2NO2/c9-8(10,11-6-12)13-7-4-2-1-3-5-7/h7H,1-5H2. The van der Waals surface area contributed by atoms with Gasteiger partial charge in [-0.25, -0.2) is 4.79 Å². The van der Waals surface area contributed by atoms with Gasteiger partial charge in [0, 0.05) is 0 Å². The fourth-order valence-electron chi connectivity index (χ4n) is 1.46. The number of nitrogens with zero attached hydrogens (tertiary/aromatic N) is 1. The lowest BCUT2D eigenvalue weighted by atomic mass is 9.98. The fraction of sp³-hybridized carbons (Fsp3) is 0.875. The van der Waals surface area contributed by atoms with E-state index in [1.54, 1.807) is 0 Å². The highest BCUT2D eigenvalue weighted by Crippen LogP contribution is 2.27. The van der Waals surface area contributed by atoms with Crippen molar-refractivity contribution in [3.63, 3.8) is 0 Å². The number of alkyl halides is 2. The van der Waals surface area contributed by atoms with Crippen LogP contribution in [0.2, 0.25) is 0 Å². The Morgan fingerprint density at radius 1 is 1.31 bits per heavy atom. The summed E-state index contributed by atoms with van der Waals surface area (Å²) in [7, 11) is 0. The Kier molecular flexibility index (Phi) is 3.51. The van der Waals surface area contributed by atoms with Crippen molar-refractivity contribution in [3.8, 4) is 0 Å². The monoisotopic (exact) mass is 191 g/mol. The van der Waals surface area contributed by atoms with E-state index >= 15 is 0 Å². The number of rotatable bonds is 3. The van der Waals surface area contributed by atoms with E-state index in [0.717, 1.165) is 25.3 Å². The predicted molar refractivity (Wildman–Crippen MR) is 41.0 cm³/mol. The van der Waals surface area contributed by atoms with E-state index in [-0.39, 0.29) is 0 Å². The summed E-state index contributed by atoms with van der Waals surface area (Å²) in [6.07, 6.45) is 0.712. The van der Waals surface area contributed by atoms with Crippen molar-refractivity contribution in [3.05, 3.63) is 0 Å². The number of hydrogen-bond acceptors (Lipinski definition) is 3. The highest BCUT2D eigenvalue weighted by atomic mass is 19.3. The van der Waals surface area contributed by atoms with Crippen LogP contribution in [0.1, 0.15) is 32.1 Å². The summed E-state index contributed by atoms with van der Waals surface area (Å²) in [5, 5.41) is 0. The van der Waals surface area contributed by atoms with E-state index in [0.29, 0.717) is 12.8 Å². The van der Waals surface area contributed by atoms with Gasteiger partial charge in [0.05, 0.1) is 6.10 Å². The van der Waals surface area contributed by atoms with Gasteiger partial charge in [0.2, 0.25) is 6.08 Å². The zero-order valence-corrected chi connectivity index (χ0v) is 7.13. The molecule has 0 atom stereocenters. The molecular formula is C8H11F2NO2. The van der Waals surface area contributed by atoms with E-state index in [4.69, 9.17) is 0 Å². The molecule has 0 radical (unpaired) electrons. The van der Waals surface area contributed by atoms with E-state index < -0.39 is 12.3 Å². The van der Waals surface area contributed by atoms with Crippen LogP contribution in [0, 0.1) is 0 Å². The molecule has 0 aliphatic heterocycles. The fourth-order valence-corrected chi connectivity index (χ4v) is 1.46. The van der Waals surface area contributed by atoms with Gasteiger partial charge in [-0.3, -0.25) is 4.74 Å². The predicted octanol–water partition coefficient (Wildman–Crippen LogP) is 2.22. The quantitative estimate of drug-likeness (QED) is 0.389. The second-order valence-electron chi connectivity index (χ2n) is 3.07. The van der Waals surface area contributed by atoms with Crippen LogP contribution in [0.5, 0.6) is 0 Å². The van der Waals surface area contributed by atoms with E-state index in [1.807, 2.05) is 0 Å². The van der Waals surface area contributed by atoms with Crippen molar-refractivity contribution < 1.29 is 18.3 Å². The first-order valence-corrected chi connectivity index (χ1v) is 4.29. The van der Waals surface area contributed by atoms with Gasteiger partial charge in [-0.05, 0) is 12.8 Å². The van der Waals surface area contributed by atoms with Crippen LogP contribution in [0.25, 0.3) is 0 Å². The van der Waals surface area contributed by atoms with Gasteiger partial charge in [0.25, 0.3) is 0 Å². The molecule has 74 valence electrons. The van der Waals surface area contributed by atoms with Crippen molar-refractivity contribution >= 4 is 6.08 Å². The smallest absolute Gasteiger partial charge is 0.297 e. The van der Waals surface area contributed by atoms with E-state index in [9.17, 15) is 13.6 Å². The van der Waals surface area contributed by atoms with Crippen molar-refractivity contribution in [2.45, 2.75) is 44.4 Å². The lowest BCUT2D eigenvalue weighted by Crippen LogP contribution is -2.27. The molecule has 1 fully saturated rings. The molecule has 0 N–H and O–H groups in total. The zero-order chi connectivity index (χ0) is 9.73. The summed E-state index contributed by atoms with van der Waals surface area (Å²) in [6, 6.07) is 0. The lowest BCUT2D eigenvalue weighted by Gasteiger charge is -2.23. The van der Waals surface area contributed by atoms with Crippen LogP contribution in [0.3, 0.4) is 0 Å². The number of halogens is 2. The molecule has 0 bridgehead atoms. The van der Waals surface area contributed by atoms with Gasteiger partial charge in [0.15, 0.2) is 0 Å². The van der Waals surface area contributed by atoms with Crippen LogP contribution < -0.4 is 0 Å². The molecule has 1 aliphatic carbocycles. The Bertz CT molecular complexity index is 208. The first kappa shape index (κ1) is 10.3.